The van der Waals surface area contributed by atoms with Crippen molar-refractivity contribution in [2.24, 2.45) is 5.41 Å². The van der Waals surface area contributed by atoms with Crippen LogP contribution in [0.5, 0.6) is 0 Å². The SMILES string of the molecule is O=C(NCC1(CCl)CCCC1)c1ccccc1. The van der Waals surface area contributed by atoms with Crippen LogP contribution < -0.4 is 5.32 Å². The minimum Gasteiger partial charge on any atom is -0.351 e. The van der Waals surface area contributed by atoms with E-state index in [9.17, 15) is 4.79 Å². The molecule has 0 spiro atoms. The number of nitrogens with one attached hydrogen (secondary N) is 1. The highest BCUT2D eigenvalue weighted by Crippen LogP contribution is 2.38. The smallest absolute Gasteiger partial charge is 0.251 e. The molecule has 3 heteroatoms. The summed E-state index contributed by atoms with van der Waals surface area (Å²) in [5.41, 5.74) is 0.849. The van der Waals surface area contributed by atoms with Crippen LogP contribution in [-0.2, 0) is 0 Å². The summed E-state index contributed by atoms with van der Waals surface area (Å²) in [4.78, 5) is 11.9. The van der Waals surface area contributed by atoms with Gasteiger partial charge in [0.1, 0.15) is 0 Å². The van der Waals surface area contributed by atoms with Crippen molar-refractivity contribution in [1.29, 1.82) is 0 Å². The Kier molecular flexibility index (Phi) is 4.06. The quantitative estimate of drug-likeness (QED) is 0.818. The van der Waals surface area contributed by atoms with Gasteiger partial charge >= 0.3 is 0 Å². The zero-order valence-electron chi connectivity index (χ0n) is 9.92. The summed E-state index contributed by atoms with van der Waals surface area (Å²) in [6.45, 7) is 0.699. The minimum atomic E-state index is 0.00184. The maximum absolute atomic E-state index is 11.9. The predicted octanol–water partition coefficient (Wildman–Crippen LogP) is 3.22. The van der Waals surface area contributed by atoms with Crippen LogP contribution in [0.1, 0.15) is 36.0 Å². The van der Waals surface area contributed by atoms with E-state index in [1.807, 2.05) is 30.3 Å². The lowest BCUT2D eigenvalue weighted by atomic mass is 9.88. The summed E-state index contributed by atoms with van der Waals surface area (Å²) in [6, 6.07) is 9.33. The molecule has 1 aliphatic rings. The molecule has 0 unspecified atom stereocenters. The number of amides is 1. The Morgan fingerprint density at radius 3 is 2.47 bits per heavy atom. The van der Waals surface area contributed by atoms with E-state index in [4.69, 9.17) is 11.6 Å². The maximum atomic E-state index is 11.9. The first kappa shape index (κ1) is 12.4. The first-order valence-electron chi connectivity index (χ1n) is 6.15. The largest absolute Gasteiger partial charge is 0.351 e. The van der Waals surface area contributed by atoms with E-state index in [-0.39, 0.29) is 11.3 Å². The van der Waals surface area contributed by atoms with Gasteiger partial charge in [-0.25, -0.2) is 0 Å². The van der Waals surface area contributed by atoms with E-state index < -0.39 is 0 Å². The Morgan fingerprint density at radius 1 is 1.24 bits per heavy atom. The van der Waals surface area contributed by atoms with Gasteiger partial charge in [0.15, 0.2) is 0 Å². The van der Waals surface area contributed by atoms with Crippen molar-refractivity contribution in [2.75, 3.05) is 12.4 Å². The Hall–Kier alpha value is -1.02. The van der Waals surface area contributed by atoms with Crippen LogP contribution in [0.2, 0.25) is 0 Å². The molecule has 1 aliphatic carbocycles. The Labute approximate surface area is 107 Å². The second-order valence-corrected chi connectivity index (χ2v) is 5.16. The van der Waals surface area contributed by atoms with E-state index in [1.165, 1.54) is 12.8 Å². The van der Waals surface area contributed by atoms with Crippen LogP contribution in [0.25, 0.3) is 0 Å². The minimum absolute atomic E-state index is 0.00184. The van der Waals surface area contributed by atoms with Crippen molar-refractivity contribution in [2.45, 2.75) is 25.7 Å². The first-order valence-corrected chi connectivity index (χ1v) is 6.68. The number of carbonyl (C=O) groups excluding carboxylic acids is 1. The Morgan fingerprint density at radius 2 is 1.88 bits per heavy atom. The molecule has 1 aromatic carbocycles. The fourth-order valence-corrected chi connectivity index (χ4v) is 2.80. The van der Waals surface area contributed by atoms with Crippen molar-refractivity contribution >= 4 is 17.5 Å². The van der Waals surface area contributed by atoms with E-state index in [2.05, 4.69) is 5.32 Å². The first-order chi connectivity index (χ1) is 8.26. The molecule has 1 amide bonds. The fourth-order valence-electron chi connectivity index (χ4n) is 2.44. The number of carbonyl (C=O) groups is 1. The standard InChI is InChI=1S/C14H18ClNO/c15-10-14(8-4-5-9-14)11-16-13(17)12-6-2-1-3-7-12/h1-3,6-7H,4-5,8-11H2,(H,16,17). The molecular weight excluding hydrogens is 234 g/mol. The molecule has 92 valence electrons. The van der Waals surface area contributed by atoms with Gasteiger partial charge in [-0.05, 0) is 25.0 Å². The molecule has 1 N–H and O–H groups in total. The third-order valence-electron chi connectivity index (χ3n) is 3.61. The Bertz CT molecular complexity index is 371. The third kappa shape index (κ3) is 3.01. The average molecular weight is 252 g/mol. The number of benzene rings is 1. The van der Waals surface area contributed by atoms with Crippen molar-refractivity contribution in [3.8, 4) is 0 Å². The maximum Gasteiger partial charge on any atom is 0.251 e. The van der Waals surface area contributed by atoms with Crippen LogP contribution in [0, 0.1) is 5.41 Å². The van der Waals surface area contributed by atoms with Gasteiger partial charge in [0.2, 0.25) is 0 Å². The van der Waals surface area contributed by atoms with Crippen molar-refractivity contribution in [1.82, 2.24) is 5.32 Å². The van der Waals surface area contributed by atoms with Gasteiger partial charge in [0, 0.05) is 23.4 Å². The van der Waals surface area contributed by atoms with Crippen LogP contribution in [0.15, 0.2) is 30.3 Å². The summed E-state index contributed by atoms with van der Waals surface area (Å²) in [7, 11) is 0. The molecular formula is C14H18ClNO. The molecule has 0 aromatic heterocycles. The van der Waals surface area contributed by atoms with E-state index in [0.717, 1.165) is 18.4 Å². The molecule has 0 saturated heterocycles. The molecule has 1 aromatic rings. The van der Waals surface area contributed by atoms with Gasteiger partial charge in [0.25, 0.3) is 5.91 Å². The average Bonchev–Trinajstić information content (AvgIpc) is 2.86. The molecule has 0 aliphatic heterocycles. The summed E-state index contributed by atoms with van der Waals surface area (Å²) >= 11 is 6.04. The summed E-state index contributed by atoms with van der Waals surface area (Å²) in [5.74, 6) is 0.643. The highest BCUT2D eigenvalue weighted by atomic mass is 35.5. The molecule has 0 heterocycles. The van der Waals surface area contributed by atoms with Gasteiger partial charge in [-0.1, -0.05) is 31.0 Å². The van der Waals surface area contributed by atoms with Crippen LogP contribution >= 0.6 is 11.6 Å². The molecule has 0 radical (unpaired) electrons. The monoisotopic (exact) mass is 251 g/mol. The number of hydrogen-bond acceptors (Lipinski definition) is 1. The van der Waals surface area contributed by atoms with Crippen molar-refractivity contribution < 1.29 is 4.79 Å². The topological polar surface area (TPSA) is 29.1 Å². The zero-order valence-corrected chi connectivity index (χ0v) is 10.7. The Balaban J connectivity index is 1.92. The normalized spacial score (nSPS) is 17.9. The second-order valence-electron chi connectivity index (χ2n) is 4.89. The molecule has 0 bridgehead atoms. The van der Waals surface area contributed by atoms with E-state index in [1.54, 1.807) is 0 Å². The molecule has 2 nitrogen and oxygen atoms in total. The number of alkyl halides is 1. The number of rotatable bonds is 4. The molecule has 1 fully saturated rings. The van der Waals surface area contributed by atoms with Crippen LogP contribution in [0.4, 0.5) is 0 Å². The van der Waals surface area contributed by atoms with Crippen LogP contribution in [0.3, 0.4) is 0 Å². The van der Waals surface area contributed by atoms with Crippen LogP contribution in [-0.4, -0.2) is 18.3 Å². The van der Waals surface area contributed by atoms with Gasteiger partial charge < -0.3 is 5.32 Å². The van der Waals surface area contributed by atoms with Crippen molar-refractivity contribution in [3.63, 3.8) is 0 Å². The molecule has 17 heavy (non-hydrogen) atoms. The molecule has 0 atom stereocenters. The highest BCUT2D eigenvalue weighted by molar-refractivity contribution is 6.18. The van der Waals surface area contributed by atoms with E-state index in [0.29, 0.717) is 12.4 Å². The summed E-state index contributed by atoms with van der Waals surface area (Å²) in [5, 5.41) is 3.01. The molecule has 1 saturated carbocycles. The molecule has 2 rings (SSSR count). The van der Waals surface area contributed by atoms with Gasteiger partial charge in [0.05, 0.1) is 0 Å². The third-order valence-corrected chi connectivity index (χ3v) is 4.17. The van der Waals surface area contributed by atoms with E-state index >= 15 is 0 Å². The van der Waals surface area contributed by atoms with Gasteiger partial charge in [-0.15, -0.1) is 11.6 Å². The zero-order chi connectivity index (χ0) is 12.1. The summed E-state index contributed by atoms with van der Waals surface area (Å²) < 4.78 is 0. The summed E-state index contributed by atoms with van der Waals surface area (Å²) in [6.07, 6.45) is 4.72. The highest BCUT2D eigenvalue weighted by Gasteiger charge is 2.33. The van der Waals surface area contributed by atoms with Gasteiger partial charge in [-0.3, -0.25) is 4.79 Å². The lowest BCUT2D eigenvalue weighted by Crippen LogP contribution is -2.37. The lowest BCUT2D eigenvalue weighted by molar-refractivity contribution is 0.0935. The second kappa shape index (κ2) is 5.54. The fraction of sp³-hybridized carbons (Fsp3) is 0.500. The number of halogens is 1. The lowest BCUT2D eigenvalue weighted by Gasteiger charge is -2.26. The number of hydrogen-bond donors (Lipinski definition) is 1. The predicted molar refractivity (Wildman–Crippen MR) is 70.4 cm³/mol. The van der Waals surface area contributed by atoms with Crippen molar-refractivity contribution in [3.05, 3.63) is 35.9 Å². The van der Waals surface area contributed by atoms with Gasteiger partial charge in [-0.2, -0.15) is 0 Å².